The van der Waals surface area contributed by atoms with Crippen molar-refractivity contribution in [1.29, 1.82) is 0 Å². The fourth-order valence-corrected chi connectivity index (χ4v) is 2.61. The van der Waals surface area contributed by atoms with Gasteiger partial charge >= 0.3 is 0 Å². The Morgan fingerprint density at radius 3 is 2.87 bits per heavy atom. The van der Waals surface area contributed by atoms with Crippen molar-refractivity contribution in [3.63, 3.8) is 0 Å². The smallest absolute Gasteiger partial charge is 0.286 e. The first-order valence-corrected chi connectivity index (χ1v) is 7.74. The number of amides is 2. The van der Waals surface area contributed by atoms with Gasteiger partial charge in [-0.25, -0.2) is 4.98 Å². The summed E-state index contributed by atoms with van der Waals surface area (Å²) in [4.78, 5) is 31.6. The minimum Gasteiger partial charge on any atom is -0.440 e. The topological polar surface area (TPSA) is 100 Å². The first-order valence-electron chi connectivity index (χ1n) is 6.86. The van der Waals surface area contributed by atoms with Crippen LogP contribution in [0.1, 0.15) is 21.9 Å². The standard InChI is InChI=1S/C15H14N4O3S/c1-9-11(17-15(22-9)12-5-3-7-23-12)8-13(20)18-19-14(21)10-4-2-6-16-10/h2-7,16H,8H2,1H3,(H,18,20)(H,19,21). The molecule has 0 aliphatic carbocycles. The van der Waals surface area contributed by atoms with E-state index in [0.29, 0.717) is 23.0 Å². The van der Waals surface area contributed by atoms with Gasteiger partial charge in [-0.2, -0.15) is 0 Å². The van der Waals surface area contributed by atoms with Gasteiger partial charge in [0.25, 0.3) is 5.91 Å². The fraction of sp³-hybridized carbons (Fsp3) is 0.133. The van der Waals surface area contributed by atoms with Gasteiger partial charge in [0.2, 0.25) is 11.8 Å². The molecule has 23 heavy (non-hydrogen) atoms. The lowest BCUT2D eigenvalue weighted by atomic mass is 10.2. The van der Waals surface area contributed by atoms with Crippen LogP contribution in [0.2, 0.25) is 0 Å². The lowest BCUT2D eigenvalue weighted by molar-refractivity contribution is -0.121. The van der Waals surface area contributed by atoms with Crippen LogP contribution in [0.25, 0.3) is 10.8 Å². The van der Waals surface area contributed by atoms with Gasteiger partial charge in [-0.1, -0.05) is 6.07 Å². The second-order valence-corrected chi connectivity index (χ2v) is 5.71. The number of hydrazine groups is 1. The molecule has 3 heterocycles. The van der Waals surface area contributed by atoms with Crippen LogP contribution in [0.5, 0.6) is 0 Å². The average Bonchev–Trinajstić information content (AvgIpc) is 3.27. The number of hydrogen-bond acceptors (Lipinski definition) is 5. The lowest BCUT2D eigenvalue weighted by Crippen LogP contribution is -2.42. The molecule has 0 saturated carbocycles. The van der Waals surface area contributed by atoms with Gasteiger partial charge in [-0.3, -0.25) is 20.4 Å². The van der Waals surface area contributed by atoms with Crippen molar-refractivity contribution in [2.75, 3.05) is 0 Å². The van der Waals surface area contributed by atoms with E-state index in [4.69, 9.17) is 4.42 Å². The molecule has 0 radical (unpaired) electrons. The molecule has 0 unspecified atom stereocenters. The normalized spacial score (nSPS) is 10.5. The van der Waals surface area contributed by atoms with Gasteiger partial charge in [0.15, 0.2) is 0 Å². The van der Waals surface area contributed by atoms with Crippen LogP contribution in [-0.2, 0) is 11.2 Å². The van der Waals surface area contributed by atoms with E-state index in [1.807, 2.05) is 17.5 Å². The molecular formula is C15H14N4O3S. The number of H-pyrrole nitrogens is 1. The number of hydrogen-bond donors (Lipinski definition) is 3. The lowest BCUT2D eigenvalue weighted by Gasteiger charge is -2.05. The molecule has 0 aromatic carbocycles. The first-order chi connectivity index (χ1) is 11.1. The Morgan fingerprint density at radius 2 is 2.17 bits per heavy atom. The summed E-state index contributed by atoms with van der Waals surface area (Å²) in [6.07, 6.45) is 1.65. The third kappa shape index (κ3) is 3.49. The van der Waals surface area contributed by atoms with Gasteiger partial charge in [0.05, 0.1) is 17.0 Å². The SMILES string of the molecule is Cc1oc(-c2cccs2)nc1CC(=O)NNC(=O)c1ccc[nH]1. The quantitative estimate of drug-likeness (QED) is 0.637. The van der Waals surface area contributed by atoms with Crippen molar-refractivity contribution in [3.05, 3.63) is 53.0 Å². The Hall–Kier alpha value is -2.87. The number of aryl methyl sites for hydroxylation is 1. The number of carbonyl (C=O) groups is 2. The molecular weight excluding hydrogens is 316 g/mol. The highest BCUT2D eigenvalue weighted by molar-refractivity contribution is 7.13. The molecule has 3 rings (SSSR count). The van der Waals surface area contributed by atoms with Crippen molar-refractivity contribution in [2.24, 2.45) is 0 Å². The highest BCUT2D eigenvalue weighted by atomic mass is 32.1. The van der Waals surface area contributed by atoms with Crippen LogP contribution in [-0.4, -0.2) is 21.8 Å². The largest absolute Gasteiger partial charge is 0.440 e. The van der Waals surface area contributed by atoms with Crippen molar-refractivity contribution < 1.29 is 14.0 Å². The molecule has 2 amide bonds. The minimum absolute atomic E-state index is 0.0196. The number of nitrogens with one attached hydrogen (secondary N) is 3. The highest BCUT2D eigenvalue weighted by Gasteiger charge is 2.16. The summed E-state index contributed by atoms with van der Waals surface area (Å²) in [6.45, 7) is 1.75. The maximum atomic E-state index is 11.9. The number of nitrogens with zero attached hydrogens (tertiary/aromatic N) is 1. The van der Waals surface area contributed by atoms with Crippen LogP contribution in [0.4, 0.5) is 0 Å². The van der Waals surface area contributed by atoms with E-state index >= 15 is 0 Å². The Kier molecular flexibility index (Phi) is 4.24. The van der Waals surface area contributed by atoms with E-state index in [1.165, 1.54) is 11.3 Å². The van der Waals surface area contributed by atoms with Gasteiger partial charge in [-0.15, -0.1) is 11.3 Å². The van der Waals surface area contributed by atoms with E-state index in [1.54, 1.807) is 25.3 Å². The molecule has 0 atom stereocenters. The fourth-order valence-electron chi connectivity index (χ4n) is 1.96. The molecule has 3 N–H and O–H groups in total. The molecule has 0 aliphatic heterocycles. The van der Waals surface area contributed by atoms with Crippen molar-refractivity contribution in [1.82, 2.24) is 20.8 Å². The predicted octanol–water partition coefficient (Wildman–Crippen LogP) is 2.04. The second-order valence-electron chi connectivity index (χ2n) is 4.76. The summed E-state index contributed by atoms with van der Waals surface area (Å²) in [7, 11) is 0. The van der Waals surface area contributed by atoms with E-state index in [0.717, 1.165) is 4.88 Å². The van der Waals surface area contributed by atoms with Gasteiger partial charge in [0.1, 0.15) is 11.5 Å². The number of aromatic nitrogens is 2. The van der Waals surface area contributed by atoms with Crippen molar-refractivity contribution in [3.8, 4) is 10.8 Å². The number of oxazole rings is 1. The molecule has 3 aromatic heterocycles. The zero-order valence-corrected chi connectivity index (χ0v) is 13.1. The Morgan fingerprint density at radius 1 is 1.30 bits per heavy atom. The predicted molar refractivity (Wildman–Crippen MR) is 84.7 cm³/mol. The van der Waals surface area contributed by atoms with E-state index in [9.17, 15) is 9.59 Å². The zero-order valence-electron chi connectivity index (χ0n) is 12.3. The van der Waals surface area contributed by atoms with Crippen molar-refractivity contribution in [2.45, 2.75) is 13.3 Å². The molecule has 118 valence electrons. The van der Waals surface area contributed by atoms with Crippen LogP contribution in [0.3, 0.4) is 0 Å². The van der Waals surface area contributed by atoms with Crippen LogP contribution in [0, 0.1) is 6.92 Å². The minimum atomic E-state index is -0.417. The molecule has 8 heteroatoms. The van der Waals surface area contributed by atoms with Crippen LogP contribution < -0.4 is 10.9 Å². The molecule has 3 aromatic rings. The van der Waals surface area contributed by atoms with Crippen LogP contribution >= 0.6 is 11.3 Å². The first kappa shape index (κ1) is 15.0. The number of rotatable bonds is 4. The summed E-state index contributed by atoms with van der Waals surface area (Å²) in [6, 6.07) is 7.11. The third-order valence-corrected chi connectivity index (χ3v) is 3.97. The summed E-state index contributed by atoms with van der Waals surface area (Å²) >= 11 is 1.51. The third-order valence-electron chi connectivity index (χ3n) is 3.11. The second kappa shape index (κ2) is 6.49. The number of thiophene rings is 1. The number of aromatic amines is 1. The monoisotopic (exact) mass is 330 g/mol. The highest BCUT2D eigenvalue weighted by Crippen LogP contribution is 2.25. The maximum absolute atomic E-state index is 11.9. The van der Waals surface area contributed by atoms with E-state index in [2.05, 4.69) is 20.8 Å². The molecule has 0 saturated heterocycles. The van der Waals surface area contributed by atoms with E-state index in [-0.39, 0.29) is 12.3 Å². The summed E-state index contributed by atoms with van der Waals surface area (Å²) < 4.78 is 5.57. The Bertz CT molecular complexity index is 806. The zero-order chi connectivity index (χ0) is 16.2. The maximum Gasteiger partial charge on any atom is 0.286 e. The van der Waals surface area contributed by atoms with Crippen molar-refractivity contribution >= 4 is 23.2 Å². The van der Waals surface area contributed by atoms with Gasteiger partial charge in [0, 0.05) is 6.20 Å². The molecule has 7 nitrogen and oxygen atoms in total. The molecule has 0 aliphatic rings. The molecule has 0 bridgehead atoms. The average molecular weight is 330 g/mol. The number of carbonyl (C=O) groups excluding carboxylic acids is 2. The molecule has 0 fully saturated rings. The van der Waals surface area contributed by atoms with Crippen LogP contribution in [0.15, 0.2) is 40.3 Å². The summed E-state index contributed by atoms with van der Waals surface area (Å²) in [5.41, 5.74) is 5.59. The molecule has 0 spiro atoms. The van der Waals surface area contributed by atoms with Gasteiger partial charge in [-0.05, 0) is 30.5 Å². The van der Waals surface area contributed by atoms with Gasteiger partial charge < -0.3 is 9.40 Å². The summed E-state index contributed by atoms with van der Waals surface area (Å²) in [5.74, 6) is 0.286. The van der Waals surface area contributed by atoms with E-state index < -0.39 is 5.91 Å². The Labute approximate surface area is 135 Å². The Balaban J connectivity index is 1.59. The summed E-state index contributed by atoms with van der Waals surface area (Å²) in [5, 5.41) is 1.93.